The lowest BCUT2D eigenvalue weighted by Gasteiger charge is -2.24. The van der Waals surface area contributed by atoms with Crippen molar-refractivity contribution in [1.82, 2.24) is 39.6 Å². The zero-order valence-corrected chi connectivity index (χ0v) is 22.2. The fourth-order valence-corrected chi connectivity index (χ4v) is 5.07. The molecule has 1 aliphatic heterocycles. The molecule has 1 atom stereocenters. The molecule has 0 aliphatic carbocycles. The van der Waals surface area contributed by atoms with Gasteiger partial charge < -0.3 is 14.2 Å². The van der Waals surface area contributed by atoms with Crippen LogP contribution < -0.4 is 14.2 Å². The molecule has 0 radical (unpaired) electrons. The molecule has 0 spiro atoms. The van der Waals surface area contributed by atoms with Crippen molar-refractivity contribution >= 4 is 5.65 Å². The molecule has 40 heavy (non-hydrogen) atoms. The number of hydrogen-bond acceptors (Lipinski definition) is 8. The molecular formula is C29H26N8O3. The van der Waals surface area contributed by atoms with Gasteiger partial charge in [0.25, 0.3) is 0 Å². The van der Waals surface area contributed by atoms with Crippen LogP contribution in [-0.2, 0) is 13.7 Å². The van der Waals surface area contributed by atoms with Gasteiger partial charge in [-0.15, -0.1) is 10.2 Å². The standard InChI is InChI=1S/C29H26N8O3/c1-4-38-21-8-10-22(11-9-21)39-15-18-6-5-7-19(12-18)26-32-27-25-24(20-13-31-36(3)14-20)23-17(2)33-34-29(23)40-28(25)30-16-37(27)35-26/h5-14,16,24H,4,15H2,1-3H3,(H,33,34)/t24-/m0/s1. The van der Waals surface area contributed by atoms with Crippen molar-refractivity contribution in [1.29, 1.82) is 0 Å². The molecular weight excluding hydrogens is 508 g/mol. The van der Waals surface area contributed by atoms with Crippen LogP contribution in [0.25, 0.3) is 17.0 Å². The Morgan fingerprint density at radius 3 is 2.62 bits per heavy atom. The lowest BCUT2D eigenvalue weighted by atomic mass is 9.86. The first-order valence-corrected chi connectivity index (χ1v) is 13.0. The molecule has 4 aromatic heterocycles. The number of aromatic amines is 1. The summed E-state index contributed by atoms with van der Waals surface area (Å²) in [4.78, 5) is 9.54. The minimum Gasteiger partial charge on any atom is -0.494 e. The third kappa shape index (κ3) is 4.12. The van der Waals surface area contributed by atoms with Crippen LogP contribution in [-0.4, -0.2) is 46.2 Å². The van der Waals surface area contributed by atoms with Crippen LogP contribution in [0.15, 0.2) is 67.3 Å². The highest BCUT2D eigenvalue weighted by Gasteiger charge is 2.37. The second-order valence-electron chi connectivity index (χ2n) is 9.61. The van der Waals surface area contributed by atoms with Crippen LogP contribution in [0.3, 0.4) is 0 Å². The lowest BCUT2D eigenvalue weighted by Crippen LogP contribution is -2.14. The predicted octanol–water partition coefficient (Wildman–Crippen LogP) is 4.82. The van der Waals surface area contributed by atoms with Gasteiger partial charge in [-0.05, 0) is 49.7 Å². The van der Waals surface area contributed by atoms with Crippen LogP contribution in [0.5, 0.6) is 23.3 Å². The maximum atomic E-state index is 6.11. The first kappa shape index (κ1) is 23.9. The summed E-state index contributed by atoms with van der Waals surface area (Å²) < 4.78 is 21.1. The third-order valence-corrected chi connectivity index (χ3v) is 6.90. The minimum absolute atomic E-state index is 0.215. The second-order valence-corrected chi connectivity index (χ2v) is 9.61. The summed E-state index contributed by atoms with van der Waals surface area (Å²) in [6.07, 6.45) is 5.46. The van der Waals surface area contributed by atoms with Crippen molar-refractivity contribution in [3.8, 4) is 34.6 Å². The number of H-pyrrole nitrogens is 1. The Morgan fingerprint density at radius 1 is 1.02 bits per heavy atom. The minimum atomic E-state index is -0.215. The van der Waals surface area contributed by atoms with E-state index in [-0.39, 0.29) is 5.92 Å². The van der Waals surface area contributed by atoms with Crippen molar-refractivity contribution in [3.63, 3.8) is 0 Å². The third-order valence-electron chi connectivity index (χ3n) is 6.90. The average molecular weight is 535 g/mol. The highest BCUT2D eigenvalue weighted by atomic mass is 16.5. The molecule has 7 rings (SSSR count). The first-order valence-electron chi connectivity index (χ1n) is 13.0. The van der Waals surface area contributed by atoms with E-state index in [9.17, 15) is 0 Å². The second kappa shape index (κ2) is 9.53. The molecule has 1 aliphatic rings. The van der Waals surface area contributed by atoms with Gasteiger partial charge in [0.2, 0.25) is 11.8 Å². The van der Waals surface area contributed by atoms with E-state index in [0.29, 0.717) is 36.4 Å². The van der Waals surface area contributed by atoms with Crippen molar-refractivity contribution in [2.24, 2.45) is 7.05 Å². The normalized spacial score (nSPS) is 14.0. The highest BCUT2D eigenvalue weighted by Crippen LogP contribution is 2.48. The molecule has 0 saturated carbocycles. The van der Waals surface area contributed by atoms with Gasteiger partial charge >= 0.3 is 0 Å². The molecule has 11 heteroatoms. The number of rotatable bonds is 7. The molecule has 2 aromatic carbocycles. The molecule has 0 unspecified atom stereocenters. The van der Waals surface area contributed by atoms with E-state index >= 15 is 0 Å². The van der Waals surface area contributed by atoms with Crippen LogP contribution >= 0.6 is 0 Å². The van der Waals surface area contributed by atoms with E-state index in [0.717, 1.165) is 45.0 Å². The Kier molecular flexibility index (Phi) is 5.69. The lowest BCUT2D eigenvalue weighted by molar-refractivity contribution is 0.304. The van der Waals surface area contributed by atoms with Gasteiger partial charge in [0, 0.05) is 35.6 Å². The summed E-state index contributed by atoms with van der Waals surface area (Å²) in [7, 11) is 1.90. The Morgan fingerprint density at radius 2 is 1.85 bits per heavy atom. The summed E-state index contributed by atoms with van der Waals surface area (Å²) in [5.74, 6) is 2.92. The topological polar surface area (TPSA) is 117 Å². The number of nitrogens with one attached hydrogen (secondary N) is 1. The summed E-state index contributed by atoms with van der Waals surface area (Å²) >= 11 is 0. The molecule has 0 fully saturated rings. The van der Waals surface area contributed by atoms with Gasteiger partial charge in [-0.3, -0.25) is 9.78 Å². The molecule has 0 saturated heterocycles. The molecule has 1 N–H and O–H groups in total. The van der Waals surface area contributed by atoms with E-state index < -0.39 is 0 Å². The molecule has 0 bridgehead atoms. The van der Waals surface area contributed by atoms with E-state index in [1.165, 1.54) is 0 Å². The Labute approximate surface area is 229 Å². The largest absolute Gasteiger partial charge is 0.494 e. The smallest absolute Gasteiger partial charge is 0.244 e. The predicted molar refractivity (Wildman–Crippen MR) is 146 cm³/mol. The van der Waals surface area contributed by atoms with Crippen molar-refractivity contribution < 1.29 is 14.2 Å². The Balaban J connectivity index is 1.23. The SMILES string of the molecule is CCOc1ccc(OCc2cccc(-c3nc4c5c(ncn4n3)Oc3n[nH]c(C)c3[C@@H]5c3cnn(C)c3)c2)cc1. The maximum Gasteiger partial charge on any atom is 0.244 e. The van der Waals surface area contributed by atoms with Crippen LogP contribution in [0.4, 0.5) is 0 Å². The monoisotopic (exact) mass is 534 g/mol. The number of benzene rings is 2. The summed E-state index contributed by atoms with van der Waals surface area (Å²) in [6.45, 7) is 4.98. The number of ether oxygens (including phenoxy) is 3. The fraction of sp³-hybridized carbons (Fsp3) is 0.207. The van der Waals surface area contributed by atoms with Crippen LogP contribution in [0.1, 0.15) is 40.8 Å². The average Bonchev–Trinajstić information content (AvgIpc) is 3.70. The van der Waals surface area contributed by atoms with E-state index in [4.69, 9.17) is 24.3 Å². The van der Waals surface area contributed by atoms with Gasteiger partial charge in [-0.1, -0.05) is 18.2 Å². The van der Waals surface area contributed by atoms with E-state index in [1.807, 2.05) is 81.8 Å². The first-order chi connectivity index (χ1) is 19.6. The van der Waals surface area contributed by atoms with Crippen LogP contribution in [0, 0.1) is 6.92 Å². The number of fused-ring (bicyclic) bond motifs is 4. The fourth-order valence-electron chi connectivity index (χ4n) is 5.07. The number of nitrogens with zero attached hydrogens (tertiary/aromatic N) is 7. The van der Waals surface area contributed by atoms with Gasteiger partial charge in [0.1, 0.15) is 24.4 Å². The van der Waals surface area contributed by atoms with E-state index in [1.54, 1.807) is 15.5 Å². The van der Waals surface area contributed by atoms with Gasteiger partial charge in [-0.2, -0.15) is 5.10 Å². The zero-order valence-electron chi connectivity index (χ0n) is 22.2. The summed E-state index contributed by atoms with van der Waals surface area (Å²) in [5, 5.41) is 16.6. The number of aryl methyl sites for hydroxylation is 2. The molecule has 200 valence electrons. The van der Waals surface area contributed by atoms with Gasteiger partial charge in [0.15, 0.2) is 11.5 Å². The highest BCUT2D eigenvalue weighted by molar-refractivity contribution is 5.68. The summed E-state index contributed by atoms with van der Waals surface area (Å²) in [5.41, 5.74) is 6.20. The number of hydrogen-bond donors (Lipinski definition) is 1. The summed E-state index contributed by atoms with van der Waals surface area (Å²) in [6, 6.07) is 15.6. The van der Waals surface area contributed by atoms with Crippen LogP contribution in [0.2, 0.25) is 0 Å². The van der Waals surface area contributed by atoms with E-state index in [2.05, 4.69) is 20.3 Å². The molecule has 5 heterocycles. The van der Waals surface area contributed by atoms with Crippen molar-refractivity contribution in [2.45, 2.75) is 26.4 Å². The maximum absolute atomic E-state index is 6.11. The molecule has 0 amide bonds. The van der Waals surface area contributed by atoms with Gasteiger partial charge in [0.05, 0.1) is 24.3 Å². The zero-order chi connectivity index (χ0) is 27.2. The molecule has 11 nitrogen and oxygen atoms in total. The van der Waals surface area contributed by atoms with Gasteiger partial charge in [-0.25, -0.2) is 14.5 Å². The van der Waals surface area contributed by atoms with Crippen molar-refractivity contribution in [3.05, 3.63) is 95.2 Å². The van der Waals surface area contributed by atoms with Crippen molar-refractivity contribution in [2.75, 3.05) is 6.61 Å². The Hall–Kier alpha value is -5.19. The quantitative estimate of drug-likeness (QED) is 0.309. The Bertz CT molecular complexity index is 1840. The molecule has 6 aromatic rings. The number of aromatic nitrogens is 8.